The number of amides is 2. The van der Waals surface area contributed by atoms with Crippen LogP contribution in [-0.2, 0) is 4.79 Å². The number of hydrogen-bond acceptors (Lipinski definition) is 5. The van der Waals surface area contributed by atoms with Gasteiger partial charge in [-0.25, -0.2) is 4.68 Å². The summed E-state index contributed by atoms with van der Waals surface area (Å²) in [5.74, 6) is -0.434. The average molecular weight is 673 g/mol. The van der Waals surface area contributed by atoms with Gasteiger partial charge in [0.1, 0.15) is 12.1 Å². The first-order valence-corrected chi connectivity index (χ1v) is 14.3. The minimum absolute atomic E-state index is 0.153. The number of nitrogens with zero attached hydrogens (tertiary/aromatic N) is 5. The van der Waals surface area contributed by atoms with Gasteiger partial charge in [-0.2, -0.15) is 0 Å². The Kier molecular flexibility index (Phi) is 7.32. The number of carbonyl (C=O) groups excluding carboxylic acids is 2. The van der Waals surface area contributed by atoms with Crippen molar-refractivity contribution in [2.75, 3.05) is 26.2 Å². The fraction of sp³-hybridized carbons (Fsp3) is 0.214. The van der Waals surface area contributed by atoms with Gasteiger partial charge in [-0.05, 0) is 76.2 Å². The van der Waals surface area contributed by atoms with E-state index in [0.29, 0.717) is 58.7 Å². The lowest BCUT2D eigenvalue weighted by molar-refractivity contribution is -0.137. The van der Waals surface area contributed by atoms with Gasteiger partial charge in [-0.3, -0.25) is 9.59 Å². The molecule has 2 aliphatic heterocycles. The number of rotatable bonds is 4. The van der Waals surface area contributed by atoms with Crippen molar-refractivity contribution in [2.45, 2.75) is 12.1 Å². The molecule has 6 rings (SSSR count). The zero-order valence-corrected chi connectivity index (χ0v) is 24.3. The third kappa shape index (κ3) is 4.93. The number of carbonyl (C=O) groups is 2. The van der Waals surface area contributed by atoms with Crippen LogP contribution in [0.15, 0.2) is 72.9 Å². The van der Waals surface area contributed by atoms with Crippen LogP contribution < -0.4 is 5.32 Å². The molecule has 1 N–H and O–H groups in total. The Labute approximate surface area is 249 Å². The first-order valence-electron chi connectivity index (χ1n) is 12.5. The van der Waals surface area contributed by atoms with Gasteiger partial charge in [-0.1, -0.05) is 52.7 Å². The largest absolute Gasteiger partial charge is 0.338 e. The number of benzene rings is 3. The Morgan fingerprint density at radius 3 is 2.33 bits per heavy atom. The van der Waals surface area contributed by atoms with E-state index in [1.807, 2.05) is 47.4 Å². The molecule has 39 heavy (non-hydrogen) atoms. The summed E-state index contributed by atoms with van der Waals surface area (Å²) in [6.45, 7) is 2.46. The summed E-state index contributed by atoms with van der Waals surface area (Å²) in [5.41, 5.74) is 3.17. The van der Waals surface area contributed by atoms with Crippen molar-refractivity contribution >= 4 is 57.6 Å². The highest BCUT2D eigenvalue weighted by molar-refractivity contribution is 14.1. The SMILES string of the molecule is O=C(C(c1ccc(Cl)cc1)N1C(=O)c2cc(I)ccc2-n2nncc2C1c1ccc(Cl)cc1)N1CCNCC1. The Balaban J connectivity index is 1.62. The van der Waals surface area contributed by atoms with Crippen LogP contribution in [0.25, 0.3) is 5.69 Å². The third-order valence-electron chi connectivity index (χ3n) is 7.10. The fourth-order valence-electron chi connectivity index (χ4n) is 5.25. The van der Waals surface area contributed by atoms with Gasteiger partial charge >= 0.3 is 0 Å². The first-order chi connectivity index (χ1) is 18.9. The van der Waals surface area contributed by atoms with Crippen LogP contribution in [0.5, 0.6) is 0 Å². The Morgan fingerprint density at radius 2 is 1.64 bits per heavy atom. The second kappa shape index (κ2) is 10.9. The van der Waals surface area contributed by atoms with Gasteiger partial charge < -0.3 is 15.1 Å². The van der Waals surface area contributed by atoms with Crippen LogP contribution >= 0.6 is 45.8 Å². The summed E-state index contributed by atoms with van der Waals surface area (Å²) in [4.78, 5) is 32.6. The molecule has 0 saturated carbocycles. The van der Waals surface area contributed by atoms with Crippen LogP contribution in [0.4, 0.5) is 0 Å². The second-order valence-electron chi connectivity index (χ2n) is 9.43. The highest BCUT2D eigenvalue weighted by atomic mass is 127. The molecule has 0 radical (unpaired) electrons. The second-order valence-corrected chi connectivity index (χ2v) is 11.5. The molecule has 1 fully saturated rings. The molecule has 3 aromatic carbocycles. The van der Waals surface area contributed by atoms with Gasteiger partial charge in [0.05, 0.1) is 23.1 Å². The Morgan fingerprint density at radius 1 is 0.974 bits per heavy atom. The normalized spacial score (nSPS) is 17.8. The zero-order valence-electron chi connectivity index (χ0n) is 20.6. The van der Waals surface area contributed by atoms with Gasteiger partial charge in [0, 0.05) is 39.8 Å². The van der Waals surface area contributed by atoms with Crippen molar-refractivity contribution < 1.29 is 9.59 Å². The molecule has 2 amide bonds. The highest BCUT2D eigenvalue weighted by Crippen LogP contribution is 2.42. The van der Waals surface area contributed by atoms with E-state index in [-0.39, 0.29) is 11.8 Å². The highest BCUT2D eigenvalue weighted by Gasteiger charge is 2.44. The fourth-order valence-corrected chi connectivity index (χ4v) is 5.99. The van der Waals surface area contributed by atoms with Gasteiger partial charge in [-0.15, -0.1) is 5.10 Å². The predicted octanol–water partition coefficient (Wildman–Crippen LogP) is 4.90. The van der Waals surface area contributed by atoms with E-state index in [0.717, 1.165) is 9.13 Å². The lowest BCUT2D eigenvalue weighted by Gasteiger charge is -2.40. The number of halogens is 3. The molecule has 11 heteroatoms. The van der Waals surface area contributed by atoms with Gasteiger partial charge in [0.15, 0.2) is 0 Å². The zero-order chi connectivity index (χ0) is 27.1. The lowest BCUT2D eigenvalue weighted by Crippen LogP contribution is -2.52. The molecule has 4 aromatic rings. The minimum Gasteiger partial charge on any atom is -0.338 e. The molecular formula is C28H23Cl2IN6O2. The van der Waals surface area contributed by atoms with Crippen LogP contribution in [0.2, 0.25) is 10.0 Å². The van der Waals surface area contributed by atoms with Crippen LogP contribution in [0.1, 0.15) is 39.3 Å². The Hall–Kier alpha value is -2.99. The maximum Gasteiger partial charge on any atom is 0.257 e. The molecular weight excluding hydrogens is 650 g/mol. The van der Waals surface area contributed by atoms with E-state index in [4.69, 9.17) is 23.2 Å². The van der Waals surface area contributed by atoms with E-state index in [1.165, 1.54) is 0 Å². The molecule has 198 valence electrons. The van der Waals surface area contributed by atoms with Crippen molar-refractivity contribution in [1.82, 2.24) is 30.1 Å². The van der Waals surface area contributed by atoms with Crippen molar-refractivity contribution in [3.8, 4) is 5.69 Å². The van der Waals surface area contributed by atoms with E-state index < -0.39 is 12.1 Å². The summed E-state index contributed by atoms with van der Waals surface area (Å²) in [6, 6.07) is 18.4. The minimum atomic E-state index is -0.930. The van der Waals surface area contributed by atoms with E-state index in [1.54, 1.807) is 40.0 Å². The standard InChI is InChI=1S/C28H23Cl2IN6O2/c29-19-5-1-17(2-6-19)25-24-16-33-34-37(24)23-10-9-21(31)15-22(23)27(38)36(25)26(18-3-7-20(30)8-4-18)28(39)35-13-11-32-12-14-35/h1-10,15-16,25-26,32H,11-14H2. The molecule has 1 aromatic heterocycles. The van der Waals surface area contributed by atoms with Crippen molar-refractivity contribution in [1.29, 1.82) is 0 Å². The number of nitrogens with one attached hydrogen (secondary N) is 1. The molecule has 2 unspecified atom stereocenters. The summed E-state index contributed by atoms with van der Waals surface area (Å²) < 4.78 is 2.58. The summed E-state index contributed by atoms with van der Waals surface area (Å²) in [5, 5.41) is 13.0. The summed E-state index contributed by atoms with van der Waals surface area (Å²) in [7, 11) is 0. The predicted molar refractivity (Wildman–Crippen MR) is 157 cm³/mol. The van der Waals surface area contributed by atoms with E-state index in [9.17, 15) is 9.59 Å². The summed E-state index contributed by atoms with van der Waals surface area (Å²) in [6.07, 6.45) is 1.65. The topological polar surface area (TPSA) is 83.4 Å². The monoisotopic (exact) mass is 672 g/mol. The van der Waals surface area contributed by atoms with Gasteiger partial charge in [0.2, 0.25) is 5.91 Å². The maximum absolute atomic E-state index is 14.7. The number of piperazine rings is 1. The van der Waals surface area contributed by atoms with Gasteiger partial charge in [0.25, 0.3) is 5.91 Å². The first kappa shape index (κ1) is 26.2. The molecule has 2 atom stereocenters. The molecule has 0 bridgehead atoms. The number of hydrogen-bond donors (Lipinski definition) is 1. The lowest BCUT2D eigenvalue weighted by atomic mass is 9.95. The van der Waals surface area contributed by atoms with Crippen molar-refractivity contribution in [3.63, 3.8) is 0 Å². The van der Waals surface area contributed by atoms with Crippen LogP contribution in [0.3, 0.4) is 0 Å². The number of fused-ring (bicyclic) bond motifs is 3. The van der Waals surface area contributed by atoms with Crippen LogP contribution in [0, 0.1) is 3.57 Å². The third-order valence-corrected chi connectivity index (χ3v) is 8.27. The molecule has 8 nitrogen and oxygen atoms in total. The number of aromatic nitrogens is 3. The Bertz CT molecular complexity index is 1540. The molecule has 0 aliphatic carbocycles. The molecule has 1 saturated heterocycles. The van der Waals surface area contributed by atoms with Crippen molar-refractivity contribution in [3.05, 3.63) is 109 Å². The van der Waals surface area contributed by atoms with E-state index >= 15 is 0 Å². The smallest absolute Gasteiger partial charge is 0.257 e. The summed E-state index contributed by atoms with van der Waals surface area (Å²) >= 11 is 14.7. The molecule has 2 aliphatic rings. The quantitative estimate of drug-likeness (QED) is 0.312. The van der Waals surface area contributed by atoms with Crippen molar-refractivity contribution in [2.24, 2.45) is 0 Å². The molecule has 3 heterocycles. The molecule has 0 spiro atoms. The van der Waals surface area contributed by atoms with E-state index in [2.05, 4.69) is 38.2 Å². The average Bonchev–Trinajstić information content (AvgIpc) is 3.40. The van der Waals surface area contributed by atoms with Crippen LogP contribution in [-0.4, -0.2) is 62.8 Å². The maximum atomic E-state index is 14.7.